The first-order chi connectivity index (χ1) is 11.6. The lowest BCUT2D eigenvalue weighted by molar-refractivity contribution is -0.129. The molecule has 0 unspecified atom stereocenters. The van der Waals surface area contributed by atoms with Crippen LogP contribution in [0.5, 0.6) is 11.5 Å². The van der Waals surface area contributed by atoms with Gasteiger partial charge in [-0.3, -0.25) is 9.59 Å². The van der Waals surface area contributed by atoms with Crippen LogP contribution in [-0.4, -0.2) is 36.3 Å². The molecule has 0 aliphatic heterocycles. The number of phenolic OH excluding ortho intramolecular Hbond substituents is 1. The summed E-state index contributed by atoms with van der Waals surface area (Å²) in [6.45, 7) is 0. The smallest absolute Gasteiger partial charge is 0.249 e. The van der Waals surface area contributed by atoms with E-state index in [-0.39, 0.29) is 24.1 Å². The fourth-order valence-electron chi connectivity index (χ4n) is 2.66. The number of benzene rings is 1. The number of hydrazone groups is 1. The molecule has 1 aliphatic rings. The van der Waals surface area contributed by atoms with Crippen molar-refractivity contribution in [2.75, 3.05) is 7.11 Å². The zero-order valence-electron chi connectivity index (χ0n) is 13.7. The summed E-state index contributed by atoms with van der Waals surface area (Å²) in [6.07, 6.45) is 6.59. The Kier molecular flexibility index (Phi) is 6.60. The van der Waals surface area contributed by atoms with E-state index in [1.54, 1.807) is 12.1 Å². The second-order valence-corrected chi connectivity index (χ2v) is 5.80. The molecule has 130 valence electrons. The summed E-state index contributed by atoms with van der Waals surface area (Å²) in [7, 11) is 1.45. The highest BCUT2D eigenvalue weighted by molar-refractivity contribution is 5.97. The van der Waals surface area contributed by atoms with Gasteiger partial charge < -0.3 is 15.2 Å². The van der Waals surface area contributed by atoms with Crippen LogP contribution in [0.25, 0.3) is 0 Å². The lowest BCUT2D eigenvalue weighted by atomic mass is 9.95. The van der Waals surface area contributed by atoms with Crippen molar-refractivity contribution in [1.82, 2.24) is 10.7 Å². The van der Waals surface area contributed by atoms with Gasteiger partial charge in [0.15, 0.2) is 11.5 Å². The highest BCUT2D eigenvalue weighted by Crippen LogP contribution is 2.25. The molecule has 7 nitrogen and oxygen atoms in total. The fraction of sp³-hybridized carbons (Fsp3) is 0.471. The molecule has 1 aromatic rings. The number of phenols is 1. The zero-order chi connectivity index (χ0) is 17.4. The highest BCUT2D eigenvalue weighted by atomic mass is 16.5. The molecule has 0 saturated heterocycles. The summed E-state index contributed by atoms with van der Waals surface area (Å²) in [5.41, 5.74) is 2.97. The maximum atomic E-state index is 11.8. The van der Waals surface area contributed by atoms with Gasteiger partial charge in [-0.2, -0.15) is 5.10 Å². The highest BCUT2D eigenvalue weighted by Gasteiger charge is 2.17. The maximum absolute atomic E-state index is 11.8. The number of amides is 2. The van der Waals surface area contributed by atoms with Crippen molar-refractivity contribution in [3.05, 3.63) is 23.8 Å². The van der Waals surface area contributed by atoms with E-state index < -0.39 is 5.91 Å². The Hall–Kier alpha value is -2.57. The first-order valence-electron chi connectivity index (χ1n) is 8.07. The fourth-order valence-corrected chi connectivity index (χ4v) is 2.66. The van der Waals surface area contributed by atoms with Gasteiger partial charge in [-0.25, -0.2) is 5.43 Å². The number of hydrogen-bond donors (Lipinski definition) is 3. The molecule has 0 aromatic heterocycles. The SMILES string of the molecule is COc1cc(C=NNC(=O)CC(=O)NC2CCCCC2)ccc1O. The van der Waals surface area contributed by atoms with Crippen LogP contribution in [0.15, 0.2) is 23.3 Å². The van der Waals surface area contributed by atoms with Gasteiger partial charge in [0.2, 0.25) is 11.8 Å². The summed E-state index contributed by atoms with van der Waals surface area (Å²) in [5.74, 6) is -0.401. The molecule has 2 rings (SSSR count). The molecule has 0 bridgehead atoms. The maximum Gasteiger partial charge on any atom is 0.249 e. The Morgan fingerprint density at radius 1 is 1.29 bits per heavy atom. The van der Waals surface area contributed by atoms with Crippen LogP contribution in [0, 0.1) is 0 Å². The molecule has 1 aromatic carbocycles. The second kappa shape index (κ2) is 8.90. The van der Waals surface area contributed by atoms with Crippen molar-refractivity contribution in [1.29, 1.82) is 0 Å². The Morgan fingerprint density at radius 3 is 2.75 bits per heavy atom. The molecular weight excluding hydrogens is 310 g/mol. The third-order valence-electron chi connectivity index (χ3n) is 3.90. The lowest BCUT2D eigenvalue weighted by Gasteiger charge is -2.22. The predicted molar refractivity (Wildman–Crippen MR) is 90.0 cm³/mol. The number of aromatic hydroxyl groups is 1. The number of nitrogens with zero attached hydrogens (tertiary/aromatic N) is 1. The van der Waals surface area contributed by atoms with E-state index in [9.17, 15) is 14.7 Å². The van der Waals surface area contributed by atoms with Crippen molar-refractivity contribution >= 4 is 18.0 Å². The monoisotopic (exact) mass is 333 g/mol. The molecule has 0 radical (unpaired) electrons. The Balaban J connectivity index is 1.76. The molecule has 7 heteroatoms. The molecule has 1 saturated carbocycles. The van der Waals surface area contributed by atoms with Gasteiger partial charge in [0, 0.05) is 6.04 Å². The van der Waals surface area contributed by atoms with Gasteiger partial charge in [-0.05, 0) is 36.6 Å². The summed E-state index contributed by atoms with van der Waals surface area (Å²) in [5, 5.41) is 16.2. The third-order valence-corrected chi connectivity index (χ3v) is 3.90. The van der Waals surface area contributed by atoms with Crippen LogP contribution in [0.1, 0.15) is 44.1 Å². The number of methoxy groups -OCH3 is 1. The van der Waals surface area contributed by atoms with Gasteiger partial charge in [-0.1, -0.05) is 19.3 Å². The van der Waals surface area contributed by atoms with Crippen LogP contribution >= 0.6 is 0 Å². The van der Waals surface area contributed by atoms with E-state index in [0.29, 0.717) is 11.3 Å². The van der Waals surface area contributed by atoms with Crippen molar-refractivity contribution in [3.63, 3.8) is 0 Å². The Bertz CT molecular complexity index is 610. The van der Waals surface area contributed by atoms with Crippen LogP contribution < -0.4 is 15.5 Å². The summed E-state index contributed by atoms with van der Waals surface area (Å²) in [6, 6.07) is 4.87. The topological polar surface area (TPSA) is 100 Å². The number of hydrogen-bond acceptors (Lipinski definition) is 5. The van der Waals surface area contributed by atoms with Crippen LogP contribution in [0.4, 0.5) is 0 Å². The van der Waals surface area contributed by atoms with E-state index in [1.165, 1.54) is 25.8 Å². The third kappa shape index (κ3) is 5.57. The number of ether oxygens (including phenoxy) is 1. The van der Waals surface area contributed by atoms with Crippen LogP contribution in [0.3, 0.4) is 0 Å². The van der Waals surface area contributed by atoms with Crippen molar-refractivity contribution in [2.45, 2.75) is 44.6 Å². The largest absolute Gasteiger partial charge is 0.504 e. The lowest BCUT2D eigenvalue weighted by Crippen LogP contribution is -2.38. The van der Waals surface area contributed by atoms with Crippen molar-refractivity contribution in [2.24, 2.45) is 5.10 Å². The predicted octanol–water partition coefficient (Wildman–Crippen LogP) is 1.69. The minimum absolute atomic E-state index is 0.0260. The van der Waals surface area contributed by atoms with E-state index in [2.05, 4.69) is 15.8 Å². The molecule has 0 heterocycles. The average Bonchev–Trinajstić information content (AvgIpc) is 2.57. The van der Waals surface area contributed by atoms with Gasteiger partial charge in [-0.15, -0.1) is 0 Å². The first kappa shape index (κ1) is 17.8. The standard InChI is InChI=1S/C17H23N3O4/c1-24-15-9-12(7-8-14(15)21)11-18-20-17(23)10-16(22)19-13-5-3-2-4-6-13/h7-9,11,13,21H,2-6,10H2,1H3,(H,19,22)(H,20,23). The molecule has 24 heavy (non-hydrogen) atoms. The van der Waals surface area contributed by atoms with Crippen molar-refractivity contribution < 1.29 is 19.4 Å². The molecule has 0 spiro atoms. The average molecular weight is 333 g/mol. The molecule has 1 aliphatic carbocycles. The van der Waals surface area contributed by atoms with Gasteiger partial charge >= 0.3 is 0 Å². The van der Waals surface area contributed by atoms with E-state index in [4.69, 9.17) is 4.74 Å². The van der Waals surface area contributed by atoms with E-state index in [1.807, 2.05) is 0 Å². The first-order valence-corrected chi connectivity index (χ1v) is 8.07. The Labute approximate surface area is 141 Å². The number of nitrogens with one attached hydrogen (secondary N) is 2. The molecular formula is C17H23N3O4. The quantitative estimate of drug-likeness (QED) is 0.419. The Morgan fingerprint density at radius 2 is 2.04 bits per heavy atom. The van der Waals surface area contributed by atoms with Gasteiger partial charge in [0.05, 0.1) is 13.3 Å². The van der Waals surface area contributed by atoms with Crippen LogP contribution in [0.2, 0.25) is 0 Å². The molecule has 0 atom stereocenters. The van der Waals surface area contributed by atoms with Gasteiger partial charge in [0.25, 0.3) is 0 Å². The molecule has 3 N–H and O–H groups in total. The normalized spacial score (nSPS) is 15.2. The van der Waals surface area contributed by atoms with E-state index in [0.717, 1.165) is 25.7 Å². The van der Waals surface area contributed by atoms with E-state index >= 15 is 0 Å². The molecule has 1 fully saturated rings. The summed E-state index contributed by atoms with van der Waals surface area (Å²) in [4.78, 5) is 23.5. The molecule has 2 amide bonds. The van der Waals surface area contributed by atoms with Crippen LogP contribution in [-0.2, 0) is 9.59 Å². The van der Waals surface area contributed by atoms with Crippen molar-refractivity contribution in [3.8, 4) is 11.5 Å². The number of carbonyl (C=O) groups excluding carboxylic acids is 2. The second-order valence-electron chi connectivity index (χ2n) is 5.80. The number of carbonyl (C=O) groups is 2. The van der Waals surface area contributed by atoms with Gasteiger partial charge in [0.1, 0.15) is 6.42 Å². The minimum atomic E-state index is -0.467. The number of rotatable bonds is 6. The zero-order valence-corrected chi connectivity index (χ0v) is 13.7. The minimum Gasteiger partial charge on any atom is -0.504 e. The summed E-state index contributed by atoms with van der Waals surface area (Å²) >= 11 is 0. The summed E-state index contributed by atoms with van der Waals surface area (Å²) < 4.78 is 4.99.